The zero-order chi connectivity index (χ0) is 23.3. The minimum Gasteiger partial charge on any atom is -0.369 e. The Bertz CT molecular complexity index is 1340. The smallest absolute Gasteiger partial charge is 0.264 e. The lowest BCUT2D eigenvalue weighted by molar-refractivity contribution is 0.226. The molecule has 2 aliphatic heterocycles. The van der Waals surface area contributed by atoms with Crippen LogP contribution in [0.2, 0.25) is 10.0 Å². The van der Waals surface area contributed by atoms with Gasteiger partial charge in [-0.2, -0.15) is 10.1 Å². The molecule has 5 N–H and O–H groups in total. The highest BCUT2D eigenvalue weighted by Crippen LogP contribution is 2.37. The van der Waals surface area contributed by atoms with E-state index < -0.39 is 16.2 Å². The number of nitrogens with two attached hydrogens (primary N) is 2. The summed E-state index contributed by atoms with van der Waals surface area (Å²) in [5.41, 5.74) is 15.0. The topological polar surface area (TPSA) is 134 Å². The largest absolute Gasteiger partial charge is 0.369 e. The third-order valence-corrected chi connectivity index (χ3v) is 8.18. The van der Waals surface area contributed by atoms with Gasteiger partial charge in [-0.05, 0) is 42.7 Å². The van der Waals surface area contributed by atoms with Crippen molar-refractivity contribution in [2.45, 2.75) is 29.9 Å². The summed E-state index contributed by atoms with van der Waals surface area (Å²) in [6.45, 7) is 0.211. The van der Waals surface area contributed by atoms with Gasteiger partial charge in [-0.3, -0.25) is 9.40 Å². The van der Waals surface area contributed by atoms with Crippen LogP contribution < -0.4 is 15.8 Å². The highest BCUT2D eigenvalue weighted by atomic mass is 35.5. The molecule has 0 fully saturated rings. The summed E-state index contributed by atoms with van der Waals surface area (Å²) in [7, 11) is -3.93. The second-order valence-electron chi connectivity index (χ2n) is 7.95. The van der Waals surface area contributed by atoms with Crippen molar-refractivity contribution in [1.82, 2.24) is 15.1 Å². The molecule has 2 aliphatic rings. The first-order valence-electron chi connectivity index (χ1n) is 10.2. The number of rotatable bonds is 3. The minimum atomic E-state index is -3.93. The molecule has 172 valence electrons. The Morgan fingerprint density at radius 1 is 1.12 bits per heavy atom. The third kappa shape index (κ3) is 3.82. The third-order valence-electron chi connectivity index (χ3n) is 5.96. The average molecular weight is 506 g/mol. The number of fused-ring (bicyclic) bond motifs is 2. The van der Waals surface area contributed by atoms with E-state index in [2.05, 4.69) is 15.2 Å². The van der Waals surface area contributed by atoms with Crippen molar-refractivity contribution in [2.75, 3.05) is 10.8 Å². The maximum atomic E-state index is 13.7. The van der Waals surface area contributed by atoms with Gasteiger partial charge in [0.1, 0.15) is 6.17 Å². The Morgan fingerprint density at radius 2 is 1.85 bits per heavy atom. The standard InChI is InChI=1S/C21H21Cl2N7O2S/c22-13-8-14(23)10-16(9-13)33(31,32)29-6-5-15(7-12-3-1-2-4-18(12)29)30-19(24)17-11-26-28-20(17)27-21(30)25/h1-4,8-11,15,19H,5-7,24H2,(H3,25,26,27,28). The number of aromatic nitrogens is 2. The Morgan fingerprint density at radius 3 is 2.61 bits per heavy atom. The van der Waals surface area contributed by atoms with Crippen molar-refractivity contribution < 1.29 is 8.42 Å². The number of para-hydroxylation sites is 1. The zero-order valence-corrected chi connectivity index (χ0v) is 19.6. The van der Waals surface area contributed by atoms with Crippen LogP contribution in [0.3, 0.4) is 0 Å². The predicted octanol–water partition coefficient (Wildman–Crippen LogP) is 3.15. The number of H-pyrrole nitrogens is 1. The second-order valence-corrected chi connectivity index (χ2v) is 10.7. The number of sulfonamides is 1. The first-order valence-corrected chi connectivity index (χ1v) is 12.4. The van der Waals surface area contributed by atoms with Gasteiger partial charge in [0.25, 0.3) is 10.0 Å². The first kappa shape index (κ1) is 22.0. The van der Waals surface area contributed by atoms with E-state index in [0.717, 1.165) is 11.1 Å². The molecule has 3 heterocycles. The molecule has 2 atom stereocenters. The van der Waals surface area contributed by atoms with Gasteiger partial charge in [0.15, 0.2) is 11.8 Å². The fraction of sp³-hybridized carbons (Fsp3) is 0.238. The summed E-state index contributed by atoms with van der Waals surface area (Å²) in [6, 6.07) is 11.5. The van der Waals surface area contributed by atoms with Crippen LogP contribution in [0, 0.1) is 0 Å². The van der Waals surface area contributed by atoms with Crippen LogP contribution in [0.25, 0.3) is 0 Å². The number of aliphatic imine (C=N–C) groups is 1. The maximum absolute atomic E-state index is 13.7. The Kier molecular flexibility index (Phi) is 5.48. The minimum absolute atomic E-state index is 0.0343. The van der Waals surface area contributed by atoms with Gasteiger partial charge in [-0.1, -0.05) is 41.4 Å². The second kappa shape index (κ2) is 8.21. The van der Waals surface area contributed by atoms with E-state index in [0.29, 0.717) is 24.3 Å². The van der Waals surface area contributed by atoms with Crippen LogP contribution in [0.1, 0.15) is 23.7 Å². The molecular formula is C21H21Cl2N7O2S. The van der Waals surface area contributed by atoms with Gasteiger partial charge >= 0.3 is 0 Å². The van der Waals surface area contributed by atoms with Crippen molar-refractivity contribution in [3.05, 3.63) is 69.8 Å². The van der Waals surface area contributed by atoms with Crippen molar-refractivity contribution in [3.63, 3.8) is 0 Å². The van der Waals surface area contributed by atoms with Crippen molar-refractivity contribution in [3.8, 4) is 0 Å². The van der Waals surface area contributed by atoms with Crippen LogP contribution in [0.15, 0.2) is 58.5 Å². The van der Waals surface area contributed by atoms with E-state index in [1.165, 1.54) is 22.5 Å². The number of hydrogen-bond donors (Lipinski definition) is 3. The lowest BCUT2D eigenvalue weighted by atomic mass is 10.0. The number of anilines is 1. The van der Waals surface area contributed by atoms with Crippen molar-refractivity contribution in [1.29, 1.82) is 0 Å². The number of nitrogens with one attached hydrogen (secondary N) is 1. The van der Waals surface area contributed by atoms with Gasteiger partial charge in [0.2, 0.25) is 0 Å². The number of aromatic amines is 1. The number of guanidine groups is 1. The molecule has 33 heavy (non-hydrogen) atoms. The Balaban J connectivity index is 1.54. The summed E-state index contributed by atoms with van der Waals surface area (Å²) < 4.78 is 28.7. The van der Waals surface area contributed by atoms with Gasteiger partial charge in [0.05, 0.1) is 22.3 Å². The molecule has 9 nitrogen and oxygen atoms in total. The molecule has 3 aromatic rings. The fourth-order valence-electron chi connectivity index (χ4n) is 4.43. The molecule has 0 bridgehead atoms. The lowest BCUT2D eigenvalue weighted by Crippen LogP contribution is -2.52. The monoisotopic (exact) mass is 505 g/mol. The SMILES string of the molecule is NC1=Nc2[nH]ncc2C(N)N1C1CCN(S(=O)(=O)c2cc(Cl)cc(Cl)c2)c2ccccc2C1. The molecule has 0 saturated carbocycles. The quantitative estimate of drug-likeness (QED) is 0.500. The van der Waals surface area contributed by atoms with E-state index in [-0.39, 0.29) is 33.5 Å². The summed E-state index contributed by atoms with van der Waals surface area (Å²) >= 11 is 12.2. The fourth-order valence-corrected chi connectivity index (χ4v) is 6.68. The average Bonchev–Trinajstić information content (AvgIpc) is 3.13. The van der Waals surface area contributed by atoms with E-state index in [1.807, 2.05) is 23.1 Å². The van der Waals surface area contributed by atoms with Crippen LogP contribution in [0.4, 0.5) is 11.5 Å². The molecule has 0 amide bonds. The summed E-state index contributed by atoms with van der Waals surface area (Å²) in [5.74, 6) is 0.798. The van der Waals surface area contributed by atoms with E-state index in [1.54, 1.807) is 12.3 Å². The van der Waals surface area contributed by atoms with Crippen LogP contribution in [-0.4, -0.2) is 42.1 Å². The van der Waals surface area contributed by atoms with Crippen molar-refractivity contribution >= 4 is 50.7 Å². The van der Waals surface area contributed by atoms with Gasteiger partial charge in [-0.25, -0.2) is 8.42 Å². The summed E-state index contributed by atoms with van der Waals surface area (Å²) in [6.07, 6.45) is 2.09. The van der Waals surface area contributed by atoms with Crippen LogP contribution >= 0.6 is 23.2 Å². The Labute approximate surface area is 201 Å². The Hall–Kier alpha value is -2.79. The summed E-state index contributed by atoms with van der Waals surface area (Å²) in [5, 5.41) is 7.30. The van der Waals surface area contributed by atoms with Gasteiger partial charge < -0.3 is 16.4 Å². The molecule has 0 spiro atoms. The van der Waals surface area contributed by atoms with Crippen LogP contribution in [0.5, 0.6) is 0 Å². The first-order chi connectivity index (χ1) is 15.8. The summed E-state index contributed by atoms with van der Waals surface area (Å²) in [4.78, 5) is 6.26. The van der Waals surface area contributed by atoms with E-state index in [9.17, 15) is 8.42 Å². The number of benzene rings is 2. The molecular weight excluding hydrogens is 485 g/mol. The van der Waals surface area contributed by atoms with Crippen molar-refractivity contribution in [2.24, 2.45) is 16.5 Å². The highest BCUT2D eigenvalue weighted by Gasteiger charge is 2.37. The lowest BCUT2D eigenvalue weighted by Gasteiger charge is -2.38. The predicted molar refractivity (Wildman–Crippen MR) is 128 cm³/mol. The molecule has 2 aromatic carbocycles. The zero-order valence-electron chi connectivity index (χ0n) is 17.3. The van der Waals surface area contributed by atoms with E-state index >= 15 is 0 Å². The normalized spacial score (nSPS) is 20.6. The number of hydrogen-bond acceptors (Lipinski definition) is 7. The molecule has 0 radical (unpaired) electrons. The molecule has 2 unspecified atom stereocenters. The van der Waals surface area contributed by atoms with Gasteiger partial charge in [-0.15, -0.1) is 0 Å². The maximum Gasteiger partial charge on any atom is 0.264 e. The molecule has 0 saturated heterocycles. The molecule has 0 aliphatic carbocycles. The van der Waals surface area contributed by atoms with E-state index in [4.69, 9.17) is 34.7 Å². The van der Waals surface area contributed by atoms with Gasteiger partial charge in [0, 0.05) is 22.6 Å². The number of halogens is 2. The molecule has 5 rings (SSSR count). The highest BCUT2D eigenvalue weighted by molar-refractivity contribution is 7.92. The molecule has 1 aromatic heterocycles. The number of nitrogens with zero attached hydrogens (tertiary/aromatic N) is 4. The van der Waals surface area contributed by atoms with Crippen LogP contribution in [-0.2, 0) is 16.4 Å². The molecule has 12 heteroatoms.